The minimum Gasteiger partial charge on any atom is -0.303 e. The van der Waals surface area contributed by atoms with Gasteiger partial charge in [0.25, 0.3) is 0 Å². The standard InChI is InChI=1S/C13H18O3S/c1-10(7-8-14)12-5-4-6-13(9-12)11(2)17(3,15)16/h4-6,8-11H,7H2,1-3H3. The number of aldehydes is 1. The van der Waals surface area contributed by atoms with Gasteiger partial charge in [0.15, 0.2) is 9.84 Å². The zero-order valence-electron chi connectivity index (χ0n) is 10.4. The van der Waals surface area contributed by atoms with Crippen molar-refractivity contribution in [3.05, 3.63) is 35.4 Å². The van der Waals surface area contributed by atoms with Crippen molar-refractivity contribution in [3.8, 4) is 0 Å². The molecule has 0 aliphatic rings. The van der Waals surface area contributed by atoms with Crippen molar-refractivity contribution in [1.29, 1.82) is 0 Å². The summed E-state index contributed by atoms with van der Waals surface area (Å²) in [6.07, 6.45) is 2.58. The van der Waals surface area contributed by atoms with Crippen LogP contribution in [-0.4, -0.2) is 21.0 Å². The van der Waals surface area contributed by atoms with Crippen LogP contribution in [-0.2, 0) is 14.6 Å². The summed E-state index contributed by atoms with van der Waals surface area (Å²) in [5.41, 5.74) is 1.79. The smallest absolute Gasteiger partial charge is 0.154 e. The quantitative estimate of drug-likeness (QED) is 0.758. The number of benzene rings is 1. The van der Waals surface area contributed by atoms with Crippen molar-refractivity contribution in [2.45, 2.75) is 31.4 Å². The molecule has 0 bridgehead atoms. The van der Waals surface area contributed by atoms with Crippen LogP contribution >= 0.6 is 0 Å². The van der Waals surface area contributed by atoms with Gasteiger partial charge in [-0.2, -0.15) is 0 Å². The Labute approximate surface area is 103 Å². The van der Waals surface area contributed by atoms with E-state index in [0.717, 1.165) is 17.4 Å². The highest BCUT2D eigenvalue weighted by Crippen LogP contribution is 2.25. The lowest BCUT2D eigenvalue weighted by atomic mass is 9.96. The van der Waals surface area contributed by atoms with E-state index in [1.165, 1.54) is 6.26 Å². The number of sulfone groups is 1. The predicted octanol–water partition coefficient (Wildman–Crippen LogP) is 2.48. The van der Waals surface area contributed by atoms with E-state index in [9.17, 15) is 13.2 Å². The van der Waals surface area contributed by atoms with Crippen LogP contribution < -0.4 is 0 Å². The number of hydrogen-bond acceptors (Lipinski definition) is 3. The molecule has 0 radical (unpaired) electrons. The fourth-order valence-corrected chi connectivity index (χ4v) is 2.29. The Morgan fingerprint density at radius 3 is 2.35 bits per heavy atom. The van der Waals surface area contributed by atoms with Crippen molar-refractivity contribution in [2.24, 2.45) is 0 Å². The number of carbonyl (C=O) groups excluding carboxylic acids is 1. The van der Waals surface area contributed by atoms with Crippen LogP contribution in [0, 0.1) is 0 Å². The number of hydrogen-bond donors (Lipinski definition) is 0. The molecule has 1 rings (SSSR count). The van der Waals surface area contributed by atoms with Crippen molar-refractivity contribution in [1.82, 2.24) is 0 Å². The monoisotopic (exact) mass is 254 g/mol. The van der Waals surface area contributed by atoms with E-state index in [4.69, 9.17) is 0 Å². The first-order valence-corrected chi connectivity index (χ1v) is 7.54. The first-order chi connectivity index (χ1) is 7.86. The Balaban J connectivity index is 3.05. The molecule has 1 aromatic rings. The molecule has 94 valence electrons. The van der Waals surface area contributed by atoms with Crippen LogP contribution in [0.5, 0.6) is 0 Å². The highest BCUT2D eigenvalue weighted by Gasteiger charge is 2.17. The lowest BCUT2D eigenvalue weighted by molar-refractivity contribution is -0.108. The Hall–Kier alpha value is -1.16. The average molecular weight is 254 g/mol. The van der Waals surface area contributed by atoms with Gasteiger partial charge in [-0.1, -0.05) is 31.2 Å². The molecule has 0 saturated carbocycles. The van der Waals surface area contributed by atoms with Crippen LogP contribution in [0.1, 0.15) is 42.6 Å². The fourth-order valence-electron chi connectivity index (χ4n) is 1.65. The van der Waals surface area contributed by atoms with E-state index in [2.05, 4.69) is 0 Å². The molecule has 2 unspecified atom stereocenters. The predicted molar refractivity (Wildman–Crippen MR) is 68.8 cm³/mol. The molecular formula is C13H18O3S. The second-order valence-corrected chi connectivity index (χ2v) is 6.81. The van der Waals surface area contributed by atoms with Crippen LogP contribution in [0.4, 0.5) is 0 Å². The van der Waals surface area contributed by atoms with Crippen molar-refractivity contribution in [3.63, 3.8) is 0 Å². The van der Waals surface area contributed by atoms with Gasteiger partial charge in [-0.05, 0) is 24.0 Å². The third kappa shape index (κ3) is 3.66. The van der Waals surface area contributed by atoms with Crippen molar-refractivity contribution in [2.75, 3.05) is 6.26 Å². The SMILES string of the molecule is CC(CC=O)c1cccc(C(C)S(C)(=O)=O)c1. The van der Waals surface area contributed by atoms with Crippen molar-refractivity contribution >= 4 is 16.1 Å². The topological polar surface area (TPSA) is 51.2 Å². The van der Waals surface area contributed by atoms with E-state index >= 15 is 0 Å². The fraction of sp³-hybridized carbons (Fsp3) is 0.462. The molecule has 3 nitrogen and oxygen atoms in total. The molecule has 17 heavy (non-hydrogen) atoms. The van der Waals surface area contributed by atoms with Gasteiger partial charge < -0.3 is 4.79 Å². The Morgan fingerprint density at radius 1 is 1.24 bits per heavy atom. The lowest BCUT2D eigenvalue weighted by Crippen LogP contribution is -2.08. The molecule has 1 aromatic carbocycles. The maximum atomic E-state index is 11.5. The van der Waals surface area contributed by atoms with Gasteiger partial charge in [0.2, 0.25) is 0 Å². The summed E-state index contributed by atoms with van der Waals surface area (Å²) in [6.45, 7) is 3.64. The van der Waals surface area contributed by atoms with Gasteiger partial charge in [-0.3, -0.25) is 0 Å². The van der Waals surface area contributed by atoms with Crippen LogP contribution in [0.2, 0.25) is 0 Å². The summed E-state index contributed by atoms with van der Waals surface area (Å²) >= 11 is 0. The molecule has 0 heterocycles. The van der Waals surface area contributed by atoms with Gasteiger partial charge in [-0.25, -0.2) is 8.42 Å². The molecule has 0 aromatic heterocycles. The van der Waals surface area contributed by atoms with Gasteiger partial charge in [0.1, 0.15) is 6.29 Å². The molecule has 0 spiro atoms. The molecule has 0 saturated heterocycles. The molecular weight excluding hydrogens is 236 g/mol. The van der Waals surface area contributed by atoms with Gasteiger partial charge in [0, 0.05) is 12.7 Å². The van der Waals surface area contributed by atoms with Crippen LogP contribution in [0.25, 0.3) is 0 Å². The highest BCUT2D eigenvalue weighted by molar-refractivity contribution is 7.90. The summed E-state index contributed by atoms with van der Waals surface area (Å²) in [6, 6.07) is 7.45. The maximum Gasteiger partial charge on any atom is 0.154 e. The second kappa shape index (κ2) is 5.45. The minimum atomic E-state index is -3.08. The van der Waals surface area contributed by atoms with Gasteiger partial charge in [-0.15, -0.1) is 0 Å². The zero-order valence-corrected chi connectivity index (χ0v) is 11.2. The largest absolute Gasteiger partial charge is 0.303 e. The number of rotatable bonds is 5. The van der Waals surface area contributed by atoms with E-state index < -0.39 is 15.1 Å². The summed E-state index contributed by atoms with van der Waals surface area (Å²) in [5.74, 6) is 0.124. The summed E-state index contributed by atoms with van der Waals surface area (Å²) in [7, 11) is -3.08. The van der Waals surface area contributed by atoms with E-state index in [0.29, 0.717) is 6.42 Å². The average Bonchev–Trinajstić information content (AvgIpc) is 2.27. The van der Waals surface area contributed by atoms with E-state index in [1.54, 1.807) is 6.92 Å². The molecule has 0 amide bonds. The first kappa shape index (κ1) is 13.9. The molecule has 2 atom stereocenters. The molecule has 0 N–H and O–H groups in total. The van der Waals surface area contributed by atoms with E-state index in [1.807, 2.05) is 31.2 Å². The van der Waals surface area contributed by atoms with Gasteiger partial charge >= 0.3 is 0 Å². The van der Waals surface area contributed by atoms with E-state index in [-0.39, 0.29) is 5.92 Å². The van der Waals surface area contributed by atoms with Crippen molar-refractivity contribution < 1.29 is 13.2 Å². The Kier molecular flexibility index (Phi) is 4.46. The van der Waals surface area contributed by atoms with Crippen LogP contribution in [0.15, 0.2) is 24.3 Å². The minimum absolute atomic E-state index is 0.124. The lowest BCUT2D eigenvalue weighted by Gasteiger charge is -2.14. The second-order valence-electron chi connectivity index (χ2n) is 4.45. The zero-order chi connectivity index (χ0) is 13.1. The van der Waals surface area contributed by atoms with Gasteiger partial charge in [0.05, 0.1) is 5.25 Å². The normalized spacial score (nSPS) is 15.2. The molecule has 0 aliphatic heterocycles. The summed E-state index contributed by atoms with van der Waals surface area (Å²) in [5, 5.41) is -0.508. The third-order valence-electron chi connectivity index (χ3n) is 3.04. The third-order valence-corrected chi connectivity index (χ3v) is 4.60. The molecule has 0 aliphatic carbocycles. The van der Waals surface area contributed by atoms with Crippen LogP contribution in [0.3, 0.4) is 0 Å². The summed E-state index contributed by atoms with van der Waals surface area (Å²) in [4.78, 5) is 10.5. The Morgan fingerprint density at radius 2 is 1.82 bits per heavy atom. The molecule has 0 fully saturated rings. The Bertz CT molecular complexity index is 491. The summed E-state index contributed by atoms with van der Waals surface area (Å²) < 4.78 is 23.0. The first-order valence-electron chi connectivity index (χ1n) is 5.58. The number of carbonyl (C=O) groups is 1. The maximum absolute atomic E-state index is 11.5. The molecule has 4 heteroatoms. The highest BCUT2D eigenvalue weighted by atomic mass is 32.2.